The smallest absolute Gasteiger partial charge is 0.324 e. The van der Waals surface area contributed by atoms with E-state index in [2.05, 4.69) is 32.6 Å². The molecule has 0 radical (unpaired) electrons. The quantitative estimate of drug-likeness (QED) is 0.806. The second-order valence-electron chi connectivity index (χ2n) is 6.20. The van der Waals surface area contributed by atoms with Gasteiger partial charge in [-0.25, -0.2) is 0 Å². The van der Waals surface area contributed by atoms with Crippen LogP contribution in [0.3, 0.4) is 0 Å². The lowest BCUT2D eigenvalue weighted by atomic mass is 9.83. The van der Waals surface area contributed by atoms with Gasteiger partial charge in [-0.1, -0.05) is 33.6 Å². The van der Waals surface area contributed by atoms with Crippen molar-refractivity contribution in [1.29, 1.82) is 0 Å². The number of rotatable bonds is 3. The zero-order chi connectivity index (χ0) is 12.6. The third-order valence-corrected chi connectivity index (χ3v) is 4.34. The zero-order valence-electron chi connectivity index (χ0n) is 11.2. The first-order chi connectivity index (χ1) is 7.22. The first kappa shape index (κ1) is 13.5. The summed E-state index contributed by atoms with van der Waals surface area (Å²) in [5.41, 5.74) is -0.507. The average Bonchev–Trinajstić information content (AvgIpc) is 2.63. The van der Waals surface area contributed by atoms with Gasteiger partial charge in [0.15, 0.2) is 0 Å². The molecule has 1 fully saturated rings. The molecule has 1 rings (SSSR count). The van der Waals surface area contributed by atoms with Gasteiger partial charge in [-0.05, 0) is 32.2 Å². The van der Waals surface area contributed by atoms with Crippen LogP contribution >= 0.6 is 0 Å². The molecule has 3 heteroatoms. The molecular formula is C13H25NO2. The minimum atomic E-state index is -0.649. The van der Waals surface area contributed by atoms with Gasteiger partial charge < -0.3 is 5.11 Å². The maximum atomic E-state index is 11.6. The molecule has 0 aromatic carbocycles. The topological polar surface area (TPSA) is 40.5 Å². The van der Waals surface area contributed by atoms with Gasteiger partial charge in [0.1, 0.15) is 5.54 Å². The predicted molar refractivity (Wildman–Crippen MR) is 65.5 cm³/mol. The molecule has 94 valence electrons. The number of aliphatic carboxylic acids is 1. The number of carboxylic acid groups (broad SMARTS) is 1. The van der Waals surface area contributed by atoms with E-state index in [1.165, 1.54) is 0 Å². The molecule has 0 aromatic rings. The third-order valence-electron chi connectivity index (χ3n) is 4.34. The monoisotopic (exact) mass is 227 g/mol. The molecule has 0 spiro atoms. The van der Waals surface area contributed by atoms with Crippen molar-refractivity contribution < 1.29 is 9.90 Å². The van der Waals surface area contributed by atoms with Crippen LogP contribution in [0.15, 0.2) is 0 Å². The van der Waals surface area contributed by atoms with E-state index in [0.29, 0.717) is 0 Å². The molecule has 0 heterocycles. The van der Waals surface area contributed by atoms with Gasteiger partial charge in [0.05, 0.1) is 0 Å². The van der Waals surface area contributed by atoms with E-state index in [-0.39, 0.29) is 11.5 Å². The Labute approximate surface area is 98.8 Å². The molecule has 1 saturated carbocycles. The normalized spacial score (nSPS) is 22.4. The maximum Gasteiger partial charge on any atom is 0.324 e. The fourth-order valence-corrected chi connectivity index (χ4v) is 2.63. The number of carboxylic acids is 1. The van der Waals surface area contributed by atoms with E-state index in [1.807, 2.05) is 7.05 Å². The summed E-state index contributed by atoms with van der Waals surface area (Å²) in [6.07, 6.45) is 3.65. The van der Waals surface area contributed by atoms with Crippen LogP contribution in [-0.4, -0.2) is 34.6 Å². The van der Waals surface area contributed by atoms with Gasteiger partial charge in [-0.15, -0.1) is 0 Å². The summed E-state index contributed by atoms with van der Waals surface area (Å²) in [6, 6.07) is 0.265. The highest BCUT2D eigenvalue weighted by molar-refractivity contribution is 5.79. The first-order valence-corrected chi connectivity index (χ1v) is 6.18. The Bertz CT molecular complexity index is 262. The summed E-state index contributed by atoms with van der Waals surface area (Å²) >= 11 is 0. The number of hydrogen-bond acceptors (Lipinski definition) is 2. The Balaban J connectivity index is 2.92. The number of nitrogens with zero attached hydrogens (tertiary/aromatic N) is 1. The molecule has 16 heavy (non-hydrogen) atoms. The Morgan fingerprint density at radius 1 is 1.31 bits per heavy atom. The minimum Gasteiger partial charge on any atom is -0.480 e. The lowest BCUT2D eigenvalue weighted by Crippen LogP contribution is -2.57. The summed E-state index contributed by atoms with van der Waals surface area (Å²) in [5, 5.41) is 9.51. The van der Waals surface area contributed by atoms with Gasteiger partial charge in [0, 0.05) is 6.04 Å². The van der Waals surface area contributed by atoms with Crippen molar-refractivity contribution in [3.05, 3.63) is 0 Å². The van der Waals surface area contributed by atoms with Crippen LogP contribution in [0.4, 0.5) is 0 Å². The van der Waals surface area contributed by atoms with Gasteiger partial charge >= 0.3 is 5.97 Å². The lowest BCUT2D eigenvalue weighted by Gasteiger charge is -2.44. The highest BCUT2D eigenvalue weighted by Gasteiger charge is 2.47. The molecule has 1 aliphatic carbocycles. The molecule has 1 aliphatic rings. The van der Waals surface area contributed by atoms with E-state index >= 15 is 0 Å². The van der Waals surface area contributed by atoms with Crippen molar-refractivity contribution in [2.75, 3.05) is 7.05 Å². The molecule has 1 unspecified atom stereocenters. The van der Waals surface area contributed by atoms with Crippen LogP contribution in [-0.2, 0) is 4.79 Å². The van der Waals surface area contributed by atoms with Crippen molar-refractivity contribution >= 4 is 5.97 Å². The summed E-state index contributed by atoms with van der Waals surface area (Å²) < 4.78 is 0. The Morgan fingerprint density at radius 3 is 2.06 bits per heavy atom. The average molecular weight is 227 g/mol. The molecular weight excluding hydrogens is 202 g/mol. The van der Waals surface area contributed by atoms with E-state index in [0.717, 1.165) is 25.7 Å². The van der Waals surface area contributed by atoms with E-state index in [4.69, 9.17) is 0 Å². The predicted octanol–water partition coefficient (Wildman–Crippen LogP) is 2.75. The van der Waals surface area contributed by atoms with Crippen LogP contribution in [0, 0.1) is 5.41 Å². The Morgan fingerprint density at radius 2 is 1.75 bits per heavy atom. The fourth-order valence-electron chi connectivity index (χ4n) is 2.63. The summed E-state index contributed by atoms with van der Waals surface area (Å²) in [7, 11) is 1.97. The van der Waals surface area contributed by atoms with Crippen molar-refractivity contribution in [3.63, 3.8) is 0 Å². The Hall–Kier alpha value is -0.570. The van der Waals surface area contributed by atoms with Gasteiger partial charge in [-0.2, -0.15) is 0 Å². The lowest BCUT2D eigenvalue weighted by molar-refractivity contribution is -0.153. The minimum absolute atomic E-state index is 0.111. The second-order valence-corrected chi connectivity index (χ2v) is 6.20. The maximum absolute atomic E-state index is 11.6. The molecule has 0 aromatic heterocycles. The highest BCUT2D eigenvalue weighted by Crippen LogP contribution is 2.38. The molecule has 1 atom stereocenters. The highest BCUT2D eigenvalue weighted by atomic mass is 16.4. The molecule has 0 aliphatic heterocycles. The van der Waals surface area contributed by atoms with E-state index in [1.54, 1.807) is 0 Å². The fraction of sp³-hybridized carbons (Fsp3) is 0.923. The van der Waals surface area contributed by atoms with E-state index < -0.39 is 11.5 Å². The van der Waals surface area contributed by atoms with Crippen LogP contribution in [0.5, 0.6) is 0 Å². The summed E-state index contributed by atoms with van der Waals surface area (Å²) in [4.78, 5) is 13.6. The first-order valence-electron chi connectivity index (χ1n) is 6.18. The largest absolute Gasteiger partial charge is 0.480 e. The summed E-state index contributed by atoms with van der Waals surface area (Å²) in [5.74, 6) is -0.649. The summed E-state index contributed by atoms with van der Waals surface area (Å²) in [6.45, 7) is 8.62. The molecule has 3 nitrogen and oxygen atoms in total. The van der Waals surface area contributed by atoms with Crippen LogP contribution < -0.4 is 0 Å². The van der Waals surface area contributed by atoms with Gasteiger partial charge in [-0.3, -0.25) is 9.69 Å². The molecule has 0 bridgehead atoms. The number of hydrogen-bond donors (Lipinski definition) is 1. The number of carbonyl (C=O) groups is 1. The van der Waals surface area contributed by atoms with Crippen LogP contribution in [0.2, 0.25) is 0 Å². The zero-order valence-corrected chi connectivity index (χ0v) is 11.2. The second kappa shape index (κ2) is 4.36. The van der Waals surface area contributed by atoms with Gasteiger partial charge in [0.2, 0.25) is 0 Å². The van der Waals surface area contributed by atoms with Crippen LogP contribution in [0.1, 0.15) is 53.4 Å². The SMILES string of the molecule is CC(N(C)C1(C(=O)O)CCCC1)C(C)(C)C. The standard InChI is InChI=1S/C13H25NO2/c1-10(12(2,3)4)14(5)13(11(15)16)8-6-7-9-13/h10H,6-9H2,1-5H3,(H,15,16). The van der Waals surface area contributed by atoms with Crippen LogP contribution in [0.25, 0.3) is 0 Å². The molecule has 1 N–H and O–H groups in total. The van der Waals surface area contributed by atoms with Crippen molar-refractivity contribution in [2.45, 2.75) is 65.0 Å². The van der Waals surface area contributed by atoms with Crippen molar-refractivity contribution in [1.82, 2.24) is 4.90 Å². The number of likely N-dealkylation sites (N-methyl/N-ethyl adjacent to an activating group) is 1. The van der Waals surface area contributed by atoms with E-state index in [9.17, 15) is 9.90 Å². The Kier molecular flexibility index (Phi) is 3.68. The third kappa shape index (κ3) is 2.24. The molecule has 0 amide bonds. The van der Waals surface area contributed by atoms with Crippen molar-refractivity contribution in [3.8, 4) is 0 Å². The molecule has 0 saturated heterocycles. The van der Waals surface area contributed by atoms with Crippen molar-refractivity contribution in [2.24, 2.45) is 5.41 Å². The van der Waals surface area contributed by atoms with Gasteiger partial charge in [0.25, 0.3) is 0 Å².